The number of fused-ring (bicyclic) bond motifs is 1. The first-order valence-corrected chi connectivity index (χ1v) is 8.84. The number of methoxy groups -OCH3 is 3. The smallest absolute Gasteiger partial charge is 0.204 e. The highest BCUT2D eigenvalue weighted by molar-refractivity contribution is 7.99. The molecule has 1 unspecified atom stereocenters. The third kappa shape index (κ3) is 2.65. The summed E-state index contributed by atoms with van der Waals surface area (Å²) >= 11 is 1.88. The molecule has 0 saturated carbocycles. The van der Waals surface area contributed by atoms with Crippen molar-refractivity contribution >= 4 is 11.8 Å². The van der Waals surface area contributed by atoms with Gasteiger partial charge in [0.25, 0.3) is 0 Å². The Kier molecular flexibility index (Phi) is 4.73. The van der Waals surface area contributed by atoms with Gasteiger partial charge in [0.05, 0.1) is 26.2 Å². The lowest BCUT2D eigenvalue weighted by Gasteiger charge is -2.23. The molecule has 0 aliphatic carbocycles. The molecule has 4 nitrogen and oxygen atoms in total. The van der Waals surface area contributed by atoms with Crippen LogP contribution in [0.25, 0.3) is 0 Å². The molecule has 2 atom stereocenters. The molecule has 22 heavy (non-hydrogen) atoms. The number of nitrogens with zero attached hydrogens (tertiary/aromatic N) is 1. The van der Waals surface area contributed by atoms with E-state index in [9.17, 15) is 0 Å². The van der Waals surface area contributed by atoms with Crippen LogP contribution in [0.15, 0.2) is 11.0 Å². The zero-order valence-electron chi connectivity index (χ0n) is 13.8. The molecule has 0 bridgehead atoms. The Hall–Kier alpha value is -1.07. The Bertz CT molecular complexity index is 549. The van der Waals surface area contributed by atoms with Gasteiger partial charge in [-0.3, -0.25) is 0 Å². The third-order valence-corrected chi connectivity index (χ3v) is 6.19. The molecule has 0 N–H and O–H groups in total. The van der Waals surface area contributed by atoms with Crippen LogP contribution >= 0.6 is 11.8 Å². The molecule has 122 valence electrons. The maximum absolute atomic E-state index is 5.62. The van der Waals surface area contributed by atoms with E-state index in [1.54, 1.807) is 21.3 Å². The van der Waals surface area contributed by atoms with Gasteiger partial charge in [-0.05, 0) is 50.4 Å². The minimum absolute atomic E-state index is 0.569. The van der Waals surface area contributed by atoms with Gasteiger partial charge in [0, 0.05) is 11.8 Å². The van der Waals surface area contributed by atoms with Crippen LogP contribution in [0.5, 0.6) is 17.2 Å². The summed E-state index contributed by atoms with van der Waals surface area (Å²) in [7, 11) is 7.30. The number of benzene rings is 1. The highest BCUT2D eigenvalue weighted by atomic mass is 32.2. The fourth-order valence-corrected chi connectivity index (χ4v) is 5.06. The van der Waals surface area contributed by atoms with Crippen LogP contribution < -0.4 is 14.2 Å². The van der Waals surface area contributed by atoms with Gasteiger partial charge in [0.2, 0.25) is 5.75 Å². The number of likely N-dealkylation sites (tertiary alicyclic amines) is 1. The number of ether oxygens (including phenoxy) is 3. The largest absolute Gasteiger partial charge is 0.493 e. The quantitative estimate of drug-likeness (QED) is 0.829. The maximum Gasteiger partial charge on any atom is 0.204 e. The Balaban J connectivity index is 1.92. The molecule has 1 fully saturated rings. The second-order valence-corrected chi connectivity index (χ2v) is 7.11. The Morgan fingerprint density at radius 1 is 1.18 bits per heavy atom. The normalized spacial score (nSPS) is 24.4. The minimum Gasteiger partial charge on any atom is -0.493 e. The molecule has 1 saturated heterocycles. The monoisotopic (exact) mass is 323 g/mol. The van der Waals surface area contributed by atoms with E-state index in [4.69, 9.17) is 14.2 Å². The van der Waals surface area contributed by atoms with Crippen LogP contribution in [0, 0.1) is 0 Å². The van der Waals surface area contributed by atoms with E-state index in [1.165, 1.54) is 36.3 Å². The molecule has 1 aromatic rings. The molecular weight excluding hydrogens is 298 g/mol. The Morgan fingerprint density at radius 2 is 1.95 bits per heavy atom. The lowest BCUT2D eigenvalue weighted by atomic mass is 9.92. The van der Waals surface area contributed by atoms with E-state index >= 15 is 0 Å². The zero-order chi connectivity index (χ0) is 15.7. The molecule has 0 spiro atoms. The summed E-state index contributed by atoms with van der Waals surface area (Å²) in [6, 6.07) is 2.85. The summed E-state index contributed by atoms with van der Waals surface area (Å²) in [6.45, 7) is 1.23. The lowest BCUT2D eigenvalue weighted by Crippen LogP contribution is -2.26. The highest BCUT2D eigenvalue weighted by Gasteiger charge is 2.33. The first-order chi connectivity index (χ1) is 10.7. The third-order valence-electron chi connectivity index (χ3n) is 4.91. The van der Waals surface area contributed by atoms with E-state index in [-0.39, 0.29) is 0 Å². The standard InChI is InChI=1S/C17H25NO3S/c1-18-7-5-6-12(18)8-11-10-22-17-13(11)9-14(19-2)15(20-3)16(17)21-4/h9,11-12H,5-8,10H2,1-4H3/t11?,12-/m1/s1. The summed E-state index contributed by atoms with van der Waals surface area (Å²) in [6.07, 6.45) is 3.86. The van der Waals surface area contributed by atoms with Crippen LogP contribution in [-0.4, -0.2) is 51.6 Å². The van der Waals surface area contributed by atoms with Crippen LogP contribution in [0.3, 0.4) is 0 Å². The predicted molar refractivity (Wildman–Crippen MR) is 89.8 cm³/mol. The average molecular weight is 323 g/mol. The summed E-state index contributed by atoms with van der Waals surface area (Å²) in [5.41, 5.74) is 1.36. The molecule has 3 rings (SSSR count). The minimum atomic E-state index is 0.569. The summed E-state index contributed by atoms with van der Waals surface area (Å²) in [4.78, 5) is 3.73. The molecule has 0 radical (unpaired) electrons. The lowest BCUT2D eigenvalue weighted by molar-refractivity contribution is 0.285. The zero-order valence-corrected chi connectivity index (χ0v) is 14.7. The van der Waals surface area contributed by atoms with Gasteiger partial charge >= 0.3 is 0 Å². The van der Waals surface area contributed by atoms with Crippen LogP contribution in [0.2, 0.25) is 0 Å². The van der Waals surface area contributed by atoms with E-state index in [1.807, 2.05) is 11.8 Å². The molecule has 0 aromatic heterocycles. The molecule has 2 heterocycles. The summed E-state index contributed by atoms with van der Waals surface area (Å²) in [5.74, 6) is 3.98. The van der Waals surface area contributed by atoms with E-state index < -0.39 is 0 Å². The molecule has 0 amide bonds. The predicted octanol–water partition coefficient (Wildman–Crippen LogP) is 3.39. The van der Waals surface area contributed by atoms with Crippen molar-refractivity contribution in [2.24, 2.45) is 0 Å². The van der Waals surface area contributed by atoms with Crippen molar-refractivity contribution in [3.63, 3.8) is 0 Å². The fraction of sp³-hybridized carbons (Fsp3) is 0.647. The van der Waals surface area contributed by atoms with E-state index in [0.717, 1.165) is 17.3 Å². The maximum atomic E-state index is 5.62. The summed E-state index contributed by atoms with van der Waals surface area (Å²) in [5, 5.41) is 0. The first-order valence-electron chi connectivity index (χ1n) is 7.85. The highest BCUT2D eigenvalue weighted by Crippen LogP contribution is 2.54. The average Bonchev–Trinajstić information content (AvgIpc) is 3.12. The molecule has 2 aliphatic heterocycles. The van der Waals surface area contributed by atoms with Gasteiger partial charge in [-0.25, -0.2) is 0 Å². The molecular formula is C17H25NO3S. The number of hydrogen-bond acceptors (Lipinski definition) is 5. The number of thioether (sulfide) groups is 1. The van der Waals surface area contributed by atoms with Crippen LogP contribution in [0.4, 0.5) is 0 Å². The molecule has 1 aromatic carbocycles. The molecule has 5 heteroatoms. The second-order valence-electron chi connectivity index (χ2n) is 6.08. The fourth-order valence-electron chi connectivity index (χ4n) is 3.68. The second kappa shape index (κ2) is 6.59. The van der Waals surface area contributed by atoms with Crippen LogP contribution in [0.1, 0.15) is 30.7 Å². The number of hydrogen-bond donors (Lipinski definition) is 0. The van der Waals surface area contributed by atoms with E-state index in [2.05, 4.69) is 18.0 Å². The van der Waals surface area contributed by atoms with Crippen molar-refractivity contribution in [3.8, 4) is 17.2 Å². The topological polar surface area (TPSA) is 30.9 Å². The van der Waals surface area contributed by atoms with Crippen molar-refractivity contribution in [1.82, 2.24) is 4.90 Å². The Labute approximate surface area is 137 Å². The van der Waals surface area contributed by atoms with Crippen molar-refractivity contribution < 1.29 is 14.2 Å². The van der Waals surface area contributed by atoms with Gasteiger partial charge in [0.15, 0.2) is 11.5 Å². The van der Waals surface area contributed by atoms with E-state index in [0.29, 0.717) is 17.7 Å². The summed E-state index contributed by atoms with van der Waals surface area (Å²) < 4.78 is 16.6. The van der Waals surface area contributed by atoms with Gasteiger partial charge in [-0.1, -0.05) is 0 Å². The van der Waals surface area contributed by atoms with Crippen LogP contribution in [-0.2, 0) is 0 Å². The van der Waals surface area contributed by atoms with Gasteiger partial charge < -0.3 is 19.1 Å². The van der Waals surface area contributed by atoms with Crippen molar-refractivity contribution in [3.05, 3.63) is 11.6 Å². The van der Waals surface area contributed by atoms with Gasteiger partial charge in [-0.15, -0.1) is 11.8 Å². The first kappa shape index (κ1) is 15.8. The Morgan fingerprint density at radius 3 is 2.55 bits per heavy atom. The van der Waals surface area contributed by atoms with Gasteiger partial charge in [-0.2, -0.15) is 0 Å². The SMILES string of the molecule is COc1cc2c(c(OC)c1OC)SCC2C[C@H]1CCCN1C. The number of rotatable bonds is 5. The van der Waals surface area contributed by atoms with Crippen molar-refractivity contribution in [2.45, 2.75) is 36.1 Å². The molecule has 2 aliphatic rings. The van der Waals surface area contributed by atoms with Gasteiger partial charge in [0.1, 0.15) is 0 Å². The van der Waals surface area contributed by atoms with Crippen molar-refractivity contribution in [2.75, 3.05) is 40.7 Å². The van der Waals surface area contributed by atoms with Crippen molar-refractivity contribution in [1.29, 1.82) is 0 Å².